The molecule has 1 unspecified atom stereocenters. The average Bonchev–Trinajstić information content (AvgIpc) is 2.49. The van der Waals surface area contributed by atoms with E-state index in [4.69, 9.17) is 0 Å². The maximum Gasteiger partial charge on any atom is 0.240 e. The van der Waals surface area contributed by atoms with Gasteiger partial charge >= 0.3 is 0 Å². The fourth-order valence-electron chi connectivity index (χ4n) is 2.00. The Morgan fingerprint density at radius 3 is 2.80 bits per heavy atom. The van der Waals surface area contributed by atoms with Gasteiger partial charge in [0.1, 0.15) is 0 Å². The predicted octanol–water partition coefficient (Wildman–Crippen LogP) is 1.98. The summed E-state index contributed by atoms with van der Waals surface area (Å²) in [6.07, 6.45) is 4.53. The molecule has 0 aromatic heterocycles. The third-order valence-corrected chi connectivity index (χ3v) is 2.88. The van der Waals surface area contributed by atoms with Gasteiger partial charge in [-0.15, -0.1) is 0 Å². The predicted molar refractivity (Wildman–Crippen MR) is 62.5 cm³/mol. The van der Waals surface area contributed by atoms with Crippen molar-refractivity contribution in [1.82, 2.24) is 10.2 Å². The smallest absolute Gasteiger partial charge is 0.240 e. The number of unbranched alkanes of at least 4 members (excludes halogenated alkanes) is 2. The van der Waals surface area contributed by atoms with Crippen LogP contribution in [0.25, 0.3) is 0 Å². The van der Waals surface area contributed by atoms with E-state index in [2.05, 4.69) is 26.1 Å². The van der Waals surface area contributed by atoms with Gasteiger partial charge in [-0.3, -0.25) is 10.1 Å². The lowest BCUT2D eigenvalue weighted by molar-refractivity contribution is -0.129. The first kappa shape index (κ1) is 12.5. The van der Waals surface area contributed by atoms with E-state index >= 15 is 0 Å². The molecule has 0 aromatic rings. The zero-order valence-corrected chi connectivity index (χ0v) is 10.3. The number of carbonyl (C=O) groups is 1. The van der Waals surface area contributed by atoms with Crippen molar-refractivity contribution in [3.8, 4) is 0 Å². The number of nitrogens with zero attached hydrogens (tertiary/aromatic N) is 1. The molecule has 15 heavy (non-hydrogen) atoms. The number of nitrogens with one attached hydrogen (secondary N) is 1. The number of carbonyl (C=O) groups excluding carboxylic acids is 1. The van der Waals surface area contributed by atoms with Crippen LogP contribution in [0.15, 0.2) is 0 Å². The normalized spacial score (nSPS) is 21.7. The lowest BCUT2D eigenvalue weighted by Gasteiger charge is -2.15. The van der Waals surface area contributed by atoms with Crippen molar-refractivity contribution in [2.24, 2.45) is 5.92 Å². The number of hydrogen-bond acceptors (Lipinski definition) is 2. The minimum Gasteiger partial charge on any atom is -0.329 e. The molecule has 1 amide bonds. The zero-order chi connectivity index (χ0) is 11.3. The van der Waals surface area contributed by atoms with Crippen molar-refractivity contribution in [2.45, 2.75) is 52.5 Å². The molecular formula is C12H24N2O. The third-order valence-electron chi connectivity index (χ3n) is 2.88. The highest BCUT2D eigenvalue weighted by Crippen LogP contribution is 2.13. The minimum atomic E-state index is 0.0756. The van der Waals surface area contributed by atoms with Crippen molar-refractivity contribution >= 4 is 5.91 Å². The molecule has 1 fully saturated rings. The maximum atomic E-state index is 11.9. The zero-order valence-electron chi connectivity index (χ0n) is 10.3. The van der Waals surface area contributed by atoms with Crippen molar-refractivity contribution in [1.29, 1.82) is 0 Å². The van der Waals surface area contributed by atoms with Gasteiger partial charge in [0.05, 0.1) is 12.7 Å². The Kier molecular flexibility index (Phi) is 5.09. The fourth-order valence-corrected chi connectivity index (χ4v) is 2.00. The first-order valence-corrected chi connectivity index (χ1v) is 6.17. The van der Waals surface area contributed by atoms with E-state index in [0.29, 0.717) is 11.8 Å². The maximum absolute atomic E-state index is 11.9. The van der Waals surface area contributed by atoms with Crippen LogP contribution in [-0.2, 0) is 4.79 Å². The van der Waals surface area contributed by atoms with Gasteiger partial charge < -0.3 is 4.90 Å². The topological polar surface area (TPSA) is 32.3 Å². The molecule has 0 aromatic carbocycles. The molecule has 1 aliphatic rings. The lowest BCUT2D eigenvalue weighted by atomic mass is 10.0. The second-order valence-electron chi connectivity index (χ2n) is 4.85. The van der Waals surface area contributed by atoms with Crippen LogP contribution >= 0.6 is 0 Å². The summed E-state index contributed by atoms with van der Waals surface area (Å²) in [4.78, 5) is 13.9. The number of hydrogen-bond donors (Lipinski definition) is 1. The Morgan fingerprint density at radius 1 is 1.47 bits per heavy atom. The van der Waals surface area contributed by atoms with Gasteiger partial charge in [0, 0.05) is 6.54 Å². The molecule has 3 heteroatoms. The highest BCUT2D eigenvalue weighted by Gasteiger charge is 2.30. The Labute approximate surface area is 93.2 Å². The first-order valence-electron chi connectivity index (χ1n) is 6.17. The lowest BCUT2D eigenvalue weighted by Crippen LogP contribution is -2.32. The molecule has 1 atom stereocenters. The van der Waals surface area contributed by atoms with Crippen LogP contribution in [0.5, 0.6) is 0 Å². The van der Waals surface area contributed by atoms with Gasteiger partial charge in [0.15, 0.2) is 0 Å². The van der Waals surface area contributed by atoms with Crippen molar-refractivity contribution in [2.75, 3.05) is 13.2 Å². The monoisotopic (exact) mass is 212 g/mol. The van der Waals surface area contributed by atoms with E-state index in [1.807, 2.05) is 4.90 Å². The summed E-state index contributed by atoms with van der Waals surface area (Å²) in [6, 6.07) is 0.0756. The number of rotatable bonds is 6. The largest absolute Gasteiger partial charge is 0.329 e. The molecule has 0 radical (unpaired) electrons. The summed E-state index contributed by atoms with van der Waals surface area (Å²) in [6.45, 7) is 8.18. The van der Waals surface area contributed by atoms with Crippen LogP contribution < -0.4 is 5.32 Å². The van der Waals surface area contributed by atoms with E-state index in [-0.39, 0.29) is 6.04 Å². The van der Waals surface area contributed by atoms with E-state index in [1.165, 1.54) is 12.8 Å². The van der Waals surface area contributed by atoms with Gasteiger partial charge in [0.25, 0.3) is 0 Å². The summed E-state index contributed by atoms with van der Waals surface area (Å²) in [5.41, 5.74) is 0. The molecule has 0 saturated carbocycles. The van der Waals surface area contributed by atoms with Crippen molar-refractivity contribution < 1.29 is 4.79 Å². The van der Waals surface area contributed by atoms with Crippen LogP contribution in [0.3, 0.4) is 0 Å². The van der Waals surface area contributed by atoms with Gasteiger partial charge in [-0.05, 0) is 18.8 Å². The average molecular weight is 212 g/mol. The SMILES string of the molecule is CCCCCN1CNC(CC(C)C)C1=O. The Morgan fingerprint density at radius 2 is 2.20 bits per heavy atom. The van der Waals surface area contributed by atoms with Gasteiger partial charge in [-0.2, -0.15) is 0 Å². The molecule has 0 spiro atoms. The van der Waals surface area contributed by atoms with E-state index < -0.39 is 0 Å². The fraction of sp³-hybridized carbons (Fsp3) is 0.917. The summed E-state index contributed by atoms with van der Waals surface area (Å²) < 4.78 is 0. The minimum absolute atomic E-state index is 0.0756. The molecule has 3 nitrogen and oxygen atoms in total. The van der Waals surface area contributed by atoms with Crippen LogP contribution in [0.4, 0.5) is 0 Å². The van der Waals surface area contributed by atoms with E-state index in [1.54, 1.807) is 0 Å². The summed E-state index contributed by atoms with van der Waals surface area (Å²) >= 11 is 0. The molecule has 88 valence electrons. The van der Waals surface area contributed by atoms with E-state index in [9.17, 15) is 4.79 Å². The highest BCUT2D eigenvalue weighted by molar-refractivity contribution is 5.83. The van der Waals surface area contributed by atoms with Gasteiger partial charge in [-0.25, -0.2) is 0 Å². The van der Waals surface area contributed by atoms with Crippen LogP contribution in [0.2, 0.25) is 0 Å². The van der Waals surface area contributed by atoms with Crippen LogP contribution in [-0.4, -0.2) is 30.1 Å². The molecule has 1 aliphatic heterocycles. The second-order valence-corrected chi connectivity index (χ2v) is 4.85. The molecular weight excluding hydrogens is 188 g/mol. The summed E-state index contributed by atoms with van der Waals surface area (Å²) in [5, 5.41) is 3.29. The highest BCUT2D eigenvalue weighted by atomic mass is 16.2. The molecule has 1 saturated heterocycles. The third kappa shape index (κ3) is 3.82. The van der Waals surface area contributed by atoms with Crippen molar-refractivity contribution in [3.05, 3.63) is 0 Å². The molecule has 1 heterocycles. The van der Waals surface area contributed by atoms with E-state index in [0.717, 1.165) is 26.1 Å². The number of amides is 1. The summed E-state index contributed by atoms with van der Waals surface area (Å²) in [5.74, 6) is 0.891. The Bertz CT molecular complexity index is 204. The first-order chi connectivity index (χ1) is 7.15. The quantitative estimate of drug-likeness (QED) is 0.683. The summed E-state index contributed by atoms with van der Waals surface area (Å²) in [7, 11) is 0. The van der Waals surface area contributed by atoms with Crippen molar-refractivity contribution in [3.63, 3.8) is 0 Å². The van der Waals surface area contributed by atoms with Crippen LogP contribution in [0.1, 0.15) is 46.5 Å². The molecule has 1 rings (SSSR count). The van der Waals surface area contributed by atoms with Gasteiger partial charge in [0.2, 0.25) is 5.91 Å². The molecule has 0 bridgehead atoms. The Balaban J connectivity index is 2.29. The van der Waals surface area contributed by atoms with Gasteiger partial charge in [-0.1, -0.05) is 33.6 Å². The molecule has 0 aliphatic carbocycles. The standard InChI is InChI=1S/C12H24N2O/c1-4-5-6-7-14-9-13-11(12(14)15)8-10(2)3/h10-11,13H,4-9H2,1-3H3. The van der Waals surface area contributed by atoms with Crippen LogP contribution in [0, 0.1) is 5.92 Å². The second kappa shape index (κ2) is 6.11. The molecule has 1 N–H and O–H groups in total. The Hall–Kier alpha value is -0.570.